The first-order chi connectivity index (χ1) is 13.0. The predicted octanol–water partition coefficient (Wildman–Crippen LogP) is 2.14. The van der Waals surface area contributed by atoms with Crippen LogP contribution < -0.4 is 15.4 Å². The Morgan fingerprint density at radius 2 is 1.96 bits per heavy atom. The molecule has 1 heterocycles. The topological polar surface area (TPSA) is 113 Å². The number of sulfonamides is 1. The van der Waals surface area contributed by atoms with Gasteiger partial charge in [-0.25, -0.2) is 8.42 Å². The van der Waals surface area contributed by atoms with Crippen molar-refractivity contribution in [2.45, 2.75) is 18.1 Å². The summed E-state index contributed by atoms with van der Waals surface area (Å²) in [4.78, 5) is 12.2. The van der Waals surface area contributed by atoms with Crippen molar-refractivity contribution in [1.82, 2.24) is 15.5 Å². The highest BCUT2D eigenvalue weighted by Crippen LogP contribution is 2.33. The fourth-order valence-electron chi connectivity index (χ4n) is 2.13. The van der Waals surface area contributed by atoms with Crippen molar-refractivity contribution in [3.63, 3.8) is 0 Å². The van der Waals surface area contributed by atoms with Gasteiger partial charge in [0.25, 0.3) is 5.91 Å². The van der Waals surface area contributed by atoms with Crippen LogP contribution >= 0.6 is 11.6 Å². The number of carbonyl (C=O) groups excluding carboxylic acids is 1. The van der Waals surface area contributed by atoms with Crippen LogP contribution in [0.1, 0.15) is 27.4 Å². The van der Waals surface area contributed by atoms with E-state index >= 15 is 0 Å². The number of carbonyl (C=O) groups is 1. The highest BCUT2D eigenvalue weighted by Gasteiger charge is 2.36. The second-order valence-corrected chi connectivity index (χ2v) is 7.75. The van der Waals surface area contributed by atoms with Crippen LogP contribution in [0.4, 0.5) is 17.1 Å². The number of nitrogens with zero attached hydrogens (tertiary/aromatic N) is 2. The highest BCUT2D eigenvalue weighted by molar-refractivity contribution is 7.93. The summed E-state index contributed by atoms with van der Waals surface area (Å²) in [5.74, 6) is -0.984. The number of aromatic nitrogens is 2. The van der Waals surface area contributed by atoms with E-state index in [4.69, 9.17) is 15.7 Å². The molecule has 25 heavy (non-hydrogen) atoms. The van der Waals surface area contributed by atoms with Gasteiger partial charge in [0.15, 0.2) is 10.8 Å². The molecule has 0 spiro atoms. The van der Waals surface area contributed by atoms with E-state index in [1.54, 1.807) is 24.3 Å². The zero-order chi connectivity index (χ0) is 20.5. The first kappa shape index (κ1) is 13.9. The smallest absolute Gasteiger partial charge is 0.273 e. The first-order valence-electron chi connectivity index (χ1n) is 8.78. The average Bonchev–Trinajstić information content (AvgIpc) is 3.40. The zero-order valence-electron chi connectivity index (χ0n) is 15.8. The molecule has 0 aliphatic heterocycles. The number of nitrogens with one attached hydrogen (secondary N) is 3. The molecule has 1 saturated carbocycles. The van der Waals surface area contributed by atoms with Gasteiger partial charge in [-0.3, -0.25) is 9.52 Å². The molecule has 132 valence electrons. The fraction of sp³-hybridized carbons (Fsp3) is 0.267. The standard InChI is InChI=1S/C15H16ClN5O3S/c1-17-15(22)14-12(8-13(16)19-20-14)18-10-4-2-3-5-11(10)21-25(23,24)9-6-7-9/h2-5,8-9,21H,6-7H2,1H3,(H,17,22)(H,18,19)/i1D3. The molecule has 0 saturated heterocycles. The normalized spacial score (nSPS) is 16.3. The third-order valence-electron chi connectivity index (χ3n) is 3.50. The molecule has 3 N–H and O–H groups in total. The lowest BCUT2D eigenvalue weighted by molar-refractivity contribution is 0.0958. The van der Waals surface area contributed by atoms with Crippen LogP contribution in [-0.2, 0) is 10.0 Å². The number of amides is 1. The summed E-state index contributed by atoms with van der Waals surface area (Å²) in [6.45, 7) is -2.71. The van der Waals surface area contributed by atoms with E-state index in [0.717, 1.165) is 0 Å². The van der Waals surface area contributed by atoms with Gasteiger partial charge < -0.3 is 10.6 Å². The Hall–Kier alpha value is -2.39. The van der Waals surface area contributed by atoms with Crippen molar-refractivity contribution in [1.29, 1.82) is 0 Å². The van der Waals surface area contributed by atoms with Crippen LogP contribution in [0, 0.1) is 0 Å². The third kappa shape index (κ3) is 3.99. The maximum atomic E-state index is 12.2. The summed E-state index contributed by atoms with van der Waals surface area (Å²) in [7, 11) is -3.51. The molecule has 1 aliphatic rings. The predicted molar refractivity (Wildman–Crippen MR) is 95.7 cm³/mol. The molecule has 1 amide bonds. The number of halogens is 1. The van der Waals surface area contributed by atoms with Crippen LogP contribution in [-0.4, -0.2) is 36.7 Å². The number of benzene rings is 1. The Morgan fingerprint density at radius 3 is 2.64 bits per heavy atom. The molecule has 0 atom stereocenters. The van der Waals surface area contributed by atoms with Gasteiger partial charge in [-0.05, 0) is 25.0 Å². The molecule has 1 aromatic carbocycles. The van der Waals surface area contributed by atoms with Crippen LogP contribution in [0.3, 0.4) is 0 Å². The number of hydrogen-bond acceptors (Lipinski definition) is 6. The number of hydrogen-bond donors (Lipinski definition) is 3. The monoisotopic (exact) mass is 384 g/mol. The van der Waals surface area contributed by atoms with Gasteiger partial charge in [0, 0.05) is 17.2 Å². The lowest BCUT2D eigenvalue weighted by Crippen LogP contribution is -2.21. The van der Waals surface area contributed by atoms with Crippen molar-refractivity contribution in [3.05, 3.63) is 41.2 Å². The van der Waals surface area contributed by atoms with Gasteiger partial charge in [0.05, 0.1) is 22.3 Å². The lowest BCUT2D eigenvalue weighted by atomic mass is 10.2. The van der Waals surface area contributed by atoms with E-state index in [9.17, 15) is 13.2 Å². The lowest BCUT2D eigenvalue weighted by Gasteiger charge is -2.15. The average molecular weight is 385 g/mol. The molecule has 10 heteroatoms. The van der Waals surface area contributed by atoms with Crippen molar-refractivity contribution in [3.8, 4) is 0 Å². The highest BCUT2D eigenvalue weighted by atomic mass is 35.5. The van der Waals surface area contributed by atoms with Gasteiger partial charge in [-0.2, -0.15) is 0 Å². The Morgan fingerprint density at radius 1 is 1.24 bits per heavy atom. The molecular formula is C15H16ClN5O3S. The van der Waals surface area contributed by atoms with E-state index in [2.05, 4.69) is 20.2 Å². The third-order valence-corrected chi connectivity index (χ3v) is 5.54. The molecule has 0 bridgehead atoms. The second-order valence-electron chi connectivity index (χ2n) is 5.40. The molecule has 8 nitrogen and oxygen atoms in total. The van der Waals surface area contributed by atoms with E-state index in [1.807, 2.05) is 5.32 Å². The minimum Gasteiger partial charge on any atom is -0.354 e. The molecular weight excluding hydrogens is 366 g/mol. The fourth-order valence-corrected chi connectivity index (χ4v) is 3.69. The molecule has 0 unspecified atom stereocenters. The number of para-hydroxylation sites is 2. The summed E-state index contributed by atoms with van der Waals surface area (Å²) in [5, 5.41) is 11.5. The van der Waals surface area contributed by atoms with E-state index in [1.165, 1.54) is 6.07 Å². The molecule has 3 rings (SSSR count). The summed E-state index contributed by atoms with van der Waals surface area (Å²) in [6, 6.07) is 7.74. The molecule has 1 fully saturated rings. The van der Waals surface area contributed by atoms with Crippen molar-refractivity contribution >= 4 is 44.6 Å². The summed E-state index contributed by atoms with van der Waals surface area (Å²) in [6.07, 6.45) is 1.21. The minimum atomic E-state index is -3.51. The maximum Gasteiger partial charge on any atom is 0.273 e. The van der Waals surface area contributed by atoms with E-state index in [0.29, 0.717) is 18.5 Å². The van der Waals surface area contributed by atoms with Crippen molar-refractivity contribution < 1.29 is 17.3 Å². The largest absolute Gasteiger partial charge is 0.354 e. The Balaban J connectivity index is 1.92. The van der Waals surface area contributed by atoms with Crippen LogP contribution in [0.25, 0.3) is 0 Å². The van der Waals surface area contributed by atoms with E-state index in [-0.39, 0.29) is 22.2 Å². The molecule has 1 aromatic heterocycles. The van der Waals surface area contributed by atoms with Gasteiger partial charge >= 0.3 is 0 Å². The van der Waals surface area contributed by atoms with Gasteiger partial charge in [-0.1, -0.05) is 23.7 Å². The van der Waals surface area contributed by atoms with Gasteiger partial charge in [0.1, 0.15) is 0 Å². The SMILES string of the molecule is [2H]C([2H])([2H])NC(=O)c1nnc(Cl)cc1Nc1ccccc1NS(=O)(=O)C1CC1. The van der Waals surface area contributed by atoms with Crippen LogP contribution in [0.2, 0.25) is 5.15 Å². The summed E-state index contributed by atoms with van der Waals surface area (Å²) >= 11 is 5.85. The number of rotatable bonds is 6. The number of anilines is 3. The Bertz CT molecular complexity index is 1010. The Labute approximate surface area is 154 Å². The minimum absolute atomic E-state index is 0.0380. The second kappa shape index (κ2) is 6.85. The maximum absolute atomic E-state index is 12.2. The molecule has 2 aromatic rings. The quantitative estimate of drug-likeness (QED) is 0.703. The van der Waals surface area contributed by atoms with Gasteiger partial charge in [-0.15, -0.1) is 10.2 Å². The van der Waals surface area contributed by atoms with Crippen molar-refractivity contribution in [2.24, 2.45) is 0 Å². The zero-order valence-corrected chi connectivity index (χ0v) is 14.4. The van der Waals surface area contributed by atoms with Crippen LogP contribution in [0.5, 0.6) is 0 Å². The summed E-state index contributed by atoms with van der Waals surface area (Å²) in [5.41, 5.74) is 0.364. The Kier molecular flexibility index (Phi) is 3.79. The van der Waals surface area contributed by atoms with Gasteiger partial charge in [0.2, 0.25) is 10.0 Å². The first-order valence-corrected chi connectivity index (χ1v) is 9.21. The van der Waals surface area contributed by atoms with Crippen molar-refractivity contribution in [2.75, 3.05) is 17.0 Å². The van der Waals surface area contributed by atoms with E-state index < -0.39 is 28.2 Å². The molecule has 0 radical (unpaired) electrons. The summed E-state index contributed by atoms with van der Waals surface area (Å²) < 4.78 is 48.5. The molecule has 1 aliphatic carbocycles. The van der Waals surface area contributed by atoms with Crippen LogP contribution in [0.15, 0.2) is 30.3 Å².